The second kappa shape index (κ2) is 7.68. The molecule has 0 aromatic heterocycles. The van der Waals surface area contributed by atoms with Gasteiger partial charge in [0.25, 0.3) is 5.91 Å². The maximum absolute atomic E-state index is 12.1. The highest BCUT2D eigenvalue weighted by Crippen LogP contribution is 2.08. The van der Waals surface area contributed by atoms with Crippen LogP contribution in [0.4, 0.5) is 0 Å². The van der Waals surface area contributed by atoms with Gasteiger partial charge in [0.2, 0.25) is 0 Å². The summed E-state index contributed by atoms with van der Waals surface area (Å²) in [6.45, 7) is 8.03. The number of amides is 1. The number of esters is 1. The van der Waals surface area contributed by atoms with E-state index in [2.05, 4.69) is 5.32 Å². The Morgan fingerprint density at radius 2 is 1.80 bits per heavy atom. The molecule has 110 valence electrons. The van der Waals surface area contributed by atoms with Crippen molar-refractivity contribution < 1.29 is 14.3 Å². The van der Waals surface area contributed by atoms with Crippen LogP contribution in [0.5, 0.6) is 0 Å². The van der Waals surface area contributed by atoms with Crippen LogP contribution in [0.15, 0.2) is 24.3 Å². The number of rotatable bonds is 6. The Morgan fingerprint density at radius 3 is 2.30 bits per heavy atom. The predicted octanol–water partition coefficient (Wildman–Crippen LogP) is 2.70. The Labute approximate surface area is 120 Å². The Kier molecular flexibility index (Phi) is 6.22. The third-order valence-electron chi connectivity index (χ3n) is 2.97. The fourth-order valence-electron chi connectivity index (χ4n) is 1.72. The molecule has 4 heteroatoms. The minimum atomic E-state index is -0.615. The third kappa shape index (κ3) is 4.68. The molecule has 0 bridgehead atoms. The van der Waals surface area contributed by atoms with Crippen LogP contribution >= 0.6 is 0 Å². The summed E-state index contributed by atoms with van der Waals surface area (Å²) in [6.07, 6.45) is 0.766. The minimum Gasteiger partial charge on any atom is -0.464 e. The fraction of sp³-hybridized carbons (Fsp3) is 0.500. The first-order chi connectivity index (χ1) is 9.45. The summed E-state index contributed by atoms with van der Waals surface area (Å²) in [5, 5.41) is 2.75. The zero-order chi connectivity index (χ0) is 15.1. The first-order valence-electron chi connectivity index (χ1n) is 6.99. The van der Waals surface area contributed by atoms with Crippen molar-refractivity contribution in [3.05, 3.63) is 35.4 Å². The van der Waals surface area contributed by atoms with Gasteiger partial charge in [0.05, 0.1) is 6.61 Å². The van der Waals surface area contributed by atoms with Crippen LogP contribution < -0.4 is 5.32 Å². The van der Waals surface area contributed by atoms with E-state index in [-0.39, 0.29) is 17.8 Å². The molecule has 1 unspecified atom stereocenters. The number of carbonyl (C=O) groups is 2. The number of ether oxygens (including phenoxy) is 1. The van der Waals surface area contributed by atoms with Crippen LogP contribution in [0, 0.1) is 12.8 Å². The van der Waals surface area contributed by atoms with Crippen molar-refractivity contribution in [1.29, 1.82) is 0 Å². The zero-order valence-corrected chi connectivity index (χ0v) is 12.6. The van der Waals surface area contributed by atoms with Crippen LogP contribution in [0.25, 0.3) is 0 Å². The maximum atomic E-state index is 12.1. The molecule has 1 amide bonds. The van der Waals surface area contributed by atoms with Crippen molar-refractivity contribution in [2.75, 3.05) is 6.61 Å². The average Bonchev–Trinajstić information content (AvgIpc) is 2.42. The van der Waals surface area contributed by atoms with E-state index in [0.717, 1.165) is 12.0 Å². The predicted molar refractivity (Wildman–Crippen MR) is 78.5 cm³/mol. The van der Waals surface area contributed by atoms with Gasteiger partial charge in [-0.2, -0.15) is 0 Å². The summed E-state index contributed by atoms with van der Waals surface area (Å²) in [4.78, 5) is 24.1. The number of benzene rings is 1. The fourth-order valence-corrected chi connectivity index (χ4v) is 1.72. The smallest absolute Gasteiger partial charge is 0.328 e. The lowest BCUT2D eigenvalue weighted by Gasteiger charge is -2.20. The molecule has 0 saturated carbocycles. The quantitative estimate of drug-likeness (QED) is 0.813. The molecule has 1 atom stereocenters. The third-order valence-corrected chi connectivity index (χ3v) is 2.97. The number of hydrogen-bond donors (Lipinski definition) is 1. The van der Waals surface area contributed by atoms with Gasteiger partial charge in [-0.05, 0) is 31.4 Å². The molecule has 0 heterocycles. The van der Waals surface area contributed by atoms with E-state index < -0.39 is 6.04 Å². The van der Waals surface area contributed by atoms with E-state index in [1.807, 2.05) is 39.8 Å². The largest absolute Gasteiger partial charge is 0.464 e. The normalized spacial score (nSPS) is 12.1. The first-order valence-corrected chi connectivity index (χ1v) is 6.99. The molecule has 20 heavy (non-hydrogen) atoms. The summed E-state index contributed by atoms with van der Waals surface area (Å²) in [5.41, 5.74) is 1.63. The lowest BCUT2D eigenvalue weighted by atomic mass is 10.0. The highest BCUT2D eigenvalue weighted by Gasteiger charge is 2.25. The number of aryl methyl sites for hydroxylation is 1. The molecule has 0 spiro atoms. The van der Waals surface area contributed by atoms with E-state index in [4.69, 9.17) is 4.74 Å². The van der Waals surface area contributed by atoms with Gasteiger partial charge in [0, 0.05) is 5.56 Å². The Morgan fingerprint density at radius 1 is 1.20 bits per heavy atom. The molecule has 0 aliphatic carbocycles. The monoisotopic (exact) mass is 277 g/mol. The number of nitrogens with one attached hydrogen (secondary N) is 1. The zero-order valence-electron chi connectivity index (χ0n) is 12.6. The molecule has 0 fully saturated rings. The van der Waals surface area contributed by atoms with E-state index in [0.29, 0.717) is 12.2 Å². The van der Waals surface area contributed by atoms with Crippen LogP contribution in [0.3, 0.4) is 0 Å². The average molecular weight is 277 g/mol. The molecule has 0 saturated heterocycles. The molecule has 4 nitrogen and oxygen atoms in total. The van der Waals surface area contributed by atoms with Gasteiger partial charge in [0.15, 0.2) is 0 Å². The standard InChI is InChI=1S/C16H23NO3/c1-5-10-20-16(19)14(11(2)3)17-15(18)13-8-6-12(4)7-9-13/h6-9,11,14H,5,10H2,1-4H3,(H,17,18). The van der Waals surface area contributed by atoms with Crippen LogP contribution in [0.2, 0.25) is 0 Å². The summed E-state index contributed by atoms with van der Waals surface area (Å²) in [6, 6.07) is 6.62. The Balaban J connectivity index is 2.72. The summed E-state index contributed by atoms with van der Waals surface area (Å²) in [7, 11) is 0. The lowest BCUT2D eigenvalue weighted by Crippen LogP contribution is -2.45. The molecule has 0 aliphatic heterocycles. The molecule has 1 rings (SSSR count). The first kappa shape index (κ1) is 16.2. The minimum absolute atomic E-state index is 0.0197. The molecular weight excluding hydrogens is 254 g/mol. The summed E-state index contributed by atoms with van der Waals surface area (Å²) in [5.74, 6) is -0.645. The molecule has 0 aliphatic rings. The van der Waals surface area contributed by atoms with Gasteiger partial charge in [-0.3, -0.25) is 4.79 Å². The van der Waals surface area contributed by atoms with Crippen molar-refractivity contribution in [1.82, 2.24) is 5.32 Å². The molecule has 1 aromatic carbocycles. The van der Waals surface area contributed by atoms with E-state index in [9.17, 15) is 9.59 Å². The van der Waals surface area contributed by atoms with Gasteiger partial charge >= 0.3 is 5.97 Å². The lowest BCUT2D eigenvalue weighted by molar-refractivity contribution is -0.147. The van der Waals surface area contributed by atoms with Gasteiger partial charge in [-0.25, -0.2) is 4.79 Å². The van der Waals surface area contributed by atoms with Crippen molar-refractivity contribution in [3.63, 3.8) is 0 Å². The van der Waals surface area contributed by atoms with Crippen molar-refractivity contribution >= 4 is 11.9 Å². The number of hydrogen-bond acceptors (Lipinski definition) is 3. The molecular formula is C16H23NO3. The Hall–Kier alpha value is -1.84. The second-order valence-electron chi connectivity index (χ2n) is 5.23. The molecule has 1 N–H and O–H groups in total. The summed E-state index contributed by atoms with van der Waals surface area (Å²) >= 11 is 0. The van der Waals surface area contributed by atoms with Crippen molar-refractivity contribution in [3.8, 4) is 0 Å². The van der Waals surface area contributed by atoms with Crippen molar-refractivity contribution in [2.24, 2.45) is 5.92 Å². The van der Waals surface area contributed by atoms with E-state index in [1.165, 1.54) is 0 Å². The topological polar surface area (TPSA) is 55.4 Å². The maximum Gasteiger partial charge on any atom is 0.328 e. The second-order valence-corrected chi connectivity index (χ2v) is 5.23. The van der Waals surface area contributed by atoms with E-state index >= 15 is 0 Å². The Bertz CT molecular complexity index is 451. The molecule has 1 aromatic rings. The van der Waals surface area contributed by atoms with E-state index in [1.54, 1.807) is 12.1 Å². The molecule has 0 radical (unpaired) electrons. The van der Waals surface area contributed by atoms with Gasteiger partial charge in [-0.15, -0.1) is 0 Å². The number of carbonyl (C=O) groups excluding carboxylic acids is 2. The van der Waals surface area contributed by atoms with Crippen LogP contribution in [0.1, 0.15) is 43.1 Å². The van der Waals surface area contributed by atoms with Crippen LogP contribution in [-0.4, -0.2) is 24.5 Å². The van der Waals surface area contributed by atoms with Gasteiger partial charge in [-0.1, -0.05) is 38.5 Å². The van der Waals surface area contributed by atoms with Gasteiger partial charge < -0.3 is 10.1 Å². The summed E-state index contributed by atoms with van der Waals surface area (Å²) < 4.78 is 5.12. The highest BCUT2D eigenvalue weighted by molar-refractivity contribution is 5.96. The van der Waals surface area contributed by atoms with Crippen molar-refractivity contribution in [2.45, 2.75) is 40.2 Å². The highest BCUT2D eigenvalue weighted by atomic mass is 16.5. The van der Waals surface area contributed by atoms with Gasteiger partial charge in [0.1, 0.15) is 6.04 Å². The SMILES string of the molecule is CCCOC(=O)C(NC(=O)c1ccc(C)cc1)C(C)C. The van der Waals surface area contributed by atoms with Crippen LogP contribution in [-0.2, 0) is 9.53 Å².